The van der Waals surface area contributed by atoms with Crippen LogP contribution in [-0.4, -0.2) is 54.4 Å². The van der Waals surface area contributed by atoms with Gasteiger partial charge in [0, 0.05) is 18.2 Å². The number of hydrogen-bond acceptors (Lipinski definition) is 5. The molecule has 0 aromatic carbocycles. The monoisotopic (exact) mass is 366 g/mol. The fourth-order valence-corrected chi connectivity index (χ4v) is 3.28. The van der Waals surface area contributed by atoms with Gasteiger partial charge in [-0.25, -0.2) is 4.98 Å². The largest absolute Gasteiger partial charge is 0.496 e. The zero-order chi connectivity index (χ0) is 18.1. The van der Waals surface area contributed by atoms with Crippen LogP contribution < -0.4 is 10.2 Å². The number of pyridine rings is 1. The molecule has 0 aliphatic carbocycles. The first-order chi connectivity index (χ1) is 11.8. The lowest BCUT2D eigenvalue weighted by atomic mass is 9.80. The Morgan fingerprint density at radius 2 is 1.80 bits per heavy atom. The molecular formula is C18H28BClN2O3. The molecule has 0 amide bonds. The summed E-state index contributed by atoms with van der Waals surface area (Å²) in [7, 11) is -0.459. The van der Waals surface area contributed by atoms with Crippen LogP contribution in [0.3, 0.4) is 0 Å². The first kappa shape index (κ1) is 19.0. The molecule has 5 nitrogen and oxygen atoms in total. The molecule has 0 spiro atoms. The lowest BCUT2D eigenvalue weighted by Crippen LogP contribution is -2.41. The van der Waals surface area contributed by atoms with E-state index in [4.69, 9.17) is 25.6 Å². The summed E-state index contributed by atoms with van der Waals surface area (Å²) in [4.78, 5) is 6.68. The average molecular weight is 367 g/mol. The standard InChI is InChI=1S/C18H28BClN2O3/c1-17(2)18(3,4)25-19(24-17)14-12-15(16(20)21-13-14)23-11-10-22-8-6-5-7-9-22/h12-13H,5-11H2,1-4H3. The zero-order valence-electron chi connectivity index (χ0n) is 15.7. The van der Waals surface area contributed by atoms with Gasteiger partial charge in [0.25, 0.3) is 0 Å². The van der Waals surface area contributed by atoms with Crippen LogP contribution in [0.25, 0.3) is 0 Å². The first-order valence-electron chi connectivity index (χ1n) is 9.15. The van der Waals surface area contributed by atoms with Crippen molar-refractivity contribution in [2.45, 2.75) is 58.2 Å². The Bertz CT molecular complexity index is 590. The normalized spacial score (nSPS) is 23.0. The second-order valence-corrected chi connectivity index (χ2v) is 8.25. The fourth-order valence-electron chi connectivity index (χ4n) is 3.12. The van der Waals surface area contributed by atoms with E-state index >= 15 is 0 Å². The third kappa shape index (κ3) is 4.30. The Hall–Kier alpha value is -0.815. The summed E-state index contributed by atoms with van der Waals surface area (Å²) >= 11 is 6.21. The molecule has 1 aromatic heterocycles. The molecule has 2 aliphatic heterocycles. The van der Waals surface area contributed by atoms with Crippen LogP contribution in [0.1, 0.15) is 47.0 Å². The van der Waals surface area contributed by atoms with Crippen molar-refractivity contribution in [1.82, 2.24) is 9.88 Å². The van der Waals surface area contributed by atoms with E-state index in [2.05, 4.69) is 9.88 Å². The molecule has 2 aliphatic rings. The summed E-state index contributed by atoms with van der Waals surface area (Å²) in [5.74, 6) is 0.589. The van der Waals surface area contributed by atoms with Crippen molar-refractivity contribution in [2.75, 3.05) is 26.2 Å². The van der Waals surface area contributed by atoms with Crippen molar-refractivity contribution >= 4 is 24.2 Å². The molecule has 0 saturated carbocycles. The van der Waals surface area contributed by atoms with E-state index < -0.39 is 7.12 Å². The zero-order valence-corrected chi connectivity index (χ0v) is 16.4. The van der Waals surface area contributed by atoms with Crippen LogP contribution in [0.15, 0.2) is 12.3 Å². The van der Waals surface area contributed by atoms with Crippen molar-refractivity contribution < 1.29 is 14.0 Å². The number of halogens is 1. The molecule has 138 valence electrons. The minimum Gasteiger partial charge on any atom is -0.489 e. The highest BCUT2D eigenvalue weighted by Gasteiger charge is 2.51. The number of piperidine rings is 1. The topological polar surface area (TPSA) is 43.8 Å². The maximum atomic E-state index is 6.21. The molecule has 7 heteroatoms. The Labute approximate surface area is 156 Å². The predicted octanol–water partition coefficient (Wildman–Crippen LogP) is 2.90. The molecular weight excluding hydrogens is 338 g/mol. The number of hydrogen-bond donors (Lipinski definition) is 0. The van der Waals surface area contributed by atoms with Gasteiger partial charge in [0.05, 0.1) is 11.2 Å². The maximum absolute atomic E-state index is 6.21. The highest BCUT2D eigenvalue weighted by atomic mass is 35.5. The summed E-state index contributed by atoms with van der Waals surface area (Å²) < 4.78 is 18.0. The molecule has 0 radical (unpaired) electrons. The third-order valence-corrected chi connectivity index (χ3v) is 5.75. The summed E-state index contributed by atoms with van der Waals surface area (Å²) in [5, 5.41) is 0.374. The quantitative estimate of drug-likeness (QED) is 0.592. The van der Waals surface area contributed by atoms with Crippen LogP contribution >= 0.6 is 11.6 Å². The van der Waals surface area contributed by atoms with E-state index in [-0.39, 0.29) is 11.2 Å². The van der Waals surface area contributed by atoms with E-state index in [1.807, 2.05) is 33.8 Å². The molecule has 0 N–H and O–H groups in total. The highest BCUT2D eigenvalue weighted by molar-refractivity contribution is 6.62. The lowest BCUT2D eigenvalue weighted by Gasteiger charge is -2.32. The van der Waals surface area contributed by atoms with Gasteiger partial charge in [0.1, 0.15) is 6.61 Å². The van der Waals surface area contributed by atoms with E-state index in [1.54, 1.807) is 6.20 Å². The first-order valence-corrected chi connectivity index (χ1v) is 9.52. The van der Waals surface area contributed by atoms with Crippen molar-refractivity contribution in [1.29, 1.82) is 0 Å². The SMILES string of the molecule is CC1(C)OB(c2cnc(Cl)c(OCCN3CCCCC3)c2)OC1(C)C. The number of likely N-dealkylation sites (tertiary alicyclic amines) is 1. The Morgan fingerprint density at radius 3 is 2.44 bits per heavy atom. The van der Waals surface area contributed by atoms with Crippen LogP contribution in [0.4, 0.5) is 0 Å². The summed E-state index contributed by atoms with van der Waals surface area (Å²) in [5.41, 5.74) is 0.0649. The Kier molecular flexibility index (Phi) is 5.64. The maximum Gasteiger partial charge on any atom is 0.496 e. The van der Waals surface area contributed by atoms with Gasteiger partial charge in [-0.1, -0.05) is 18.0 Å². The molecule has 2 fully saturated rings. The van der Waals surface area contributed by atoms with Gasteiger partial charge >= 0.3 is 7.12 Å². The van der Waals surface area contributed by atoms with Crippen LogP contribution in [0, 0.1) is 0 Å². The number of aromatic nitrogens is 1. The summed E-state index contributed by atoms with van der Waals surface area (Å²) in [6.45, 7) is 12.0. The van der Waals surface area contributed by atoms with Crippen LogP contribution in [0.5, 0.6) is 5.75 Å². The van der Waals surface area contributed by atoms with E-state index in [0.717, 1.165) is 25.1 Å². The fraction of sp³-hybridized carbons (Fsp3) is 0.722. The predicted molar refractivity (Wildman–Crippen MR) is 101 cm³/mol. The number of rotatable bonds is 5. The second-order valence-electron chi connectivity index (χ2n) is 7.90. The summed E-state index contributed by atoms with van der Waals surface area (Å²) in [6, 6.07) is 1.88. The molecule has 2 saturated heterocycles. The van der Waals surface area contributed by atoms with E-state index in [9.17, 15) is 0 Å². The Balaban J connectivity index is 1.62. The average Bonchev–Trinajstić information content (AvgIpc) is 2.78. The molecule has 25 heavy (non-hydrogen) atoms. The lowest BCUT2D eigenvalue weighted by molar-refractivity contribution is 0.00578. The van der Waals surface area contributed by atoms with Crippen molar-refractivity contribution in [3.63, 3.8) is 0 Å². The minimum absolute atomic E-state index is 0.374. The molecule has 1 aromatic rings. The molecule has 3 heterocycles. The van der Waals surface area contributed by atoms with Gasteiger partial charge in [0.15, 0.2) is 10.9 Å². The molecule has 3 rings (SSSR count). The van der Waals surface area contributed by atoms with E-state index in [1.165, 1.54) is 19.3 Å². The molecule has 0 atom stereocenters. The number of nitrogens with zero attached hydrogens (tertiary/aromatic N) is 2. The van der Waals surface area contributed by atoms with Gasteiger partial charge < -0.3 is 14.0 Å². The van der Waals surface area contributed by atoms with Gasteiger partial charge in [-0.3, -0.25) is 4.90 Å². The van der Waals surface area contributed by atoms with Gasteiger partial charge in [-0.05, 0) is 59.7 Å². The van der Waals surface area contributed by atoms with Gasteiger partial charge in [0.2, 0.25) is 0 Å². The van der Waals surface area contributed by atoms with E-state index in [0.29, 0.717) is 17.5 Å². The van der Waals surface area contributed by atoms with Crippen LogP contribution in [-0.2, 0) is 9.31 Å². The molecule has 0 unspecified atom stereocenters. The van der Waals surface area contributed by atoms with Crippen molar-refractivity contribution in [2.24, 2.45) is 0 Å². The van der Waals surface area contributed by atoms with Gasteiger partial charge in [-0.15, -0.1) is 0 Å². The smallest absolute Gasteiger partial charge is 0.489 e. The van der Waals surface area contributed by atoms with Crippen molar-refractivity contribution in [3.05, 3.63) is 17.4 Å². The highest BCUT2D eigenvalue weighted by Crippen LogP contribution is 2.36. The number of ether oxygens (including phenoxy) is 1. The second kappa shape index (κ2) is 7.43. The summed E-state index contributed by atoms with van der Waals surface area (Å²) in [6.07, 6.45) is 5.59. The Morgan fingerprint density at radius 1 is 1.16 bits per heavy atom. The third-order valence-electron chi connectivity index (χ3n) is 5.47. The molecule has 0 bridgehead atoms. The van der Waals surface area contributed by atoms with Crippen molar-refractivity contribution in [3.8, 4) is 5.75 Å². The van der Waals surface area contributed by atoms with Crippen LogP contribution in [0.2, 0.25) is 5.15 Å². The van der Waals surface area contributed by atoms with Gasteiger partial charge in [-0.2, -0.15) is 0 Å². The minimum atomic E-state index is -0.459.